The molecule has 1 rings (SSSR count). The third-order valence-corrected chi connectivity index (χ3v) is 2.74. The first-order chi connectivity index (χ1) is 8.17. The Morgan fingerprint density at radius 3 is 2.76 bits per heavy atom. The van der Waals surface area contributed by atoms with Crippen molar-refractivity contribution in [1.29, 1.82) is 0 Å². The fourth-order valence-electron chi connectivity index (χ4n) is 1.46. The Morgan fingerprint density at radius 2 is 2.18 bits per heavy atom. The summed E-state index contributed by atoms with van der Waals surface area (Å²) in [5, 5.41) is 3.61. The zero-order valence-electron chi connectivity index (χ0n) is 10.3. The molecule has 1 aromatic rings. The molecule has 1 unspecified atom stereocenters. The number of hydrogen-bond acceptors (Lipinski definition) is 2. The highest BCUT2D eigenvalue weighted by Gasteiger charge is 2.10. The topological polar surface area (TPSA) is 21.3 Å². The van der Waals surface area contributed by atoms with Crippen molar-refractivity contribution >= 4 is 11.6 Å². The van der Waals surface area contributed by atoms with Crippen LogP contribution >= 0.6 is 11.6 Å². The molecule has 0 saturated carbocycles. The average Bonchev–Trinajstić information content (AvgIpc) is 2.31. The van der Waals surface area contributed by atoms with E-state index in [1.807, 2.05) is 0 Å². The summed E-state index contributed by atoms with van der Waals surface area (Å²) in [6, 6.07) is 4.19. The Morgan fingerprint density at radius 1 is 1.41 bits per heavy atom. The van der Waals surface area contributed by atoms with Gasteiger partial charge < -0.3 is 10.1 Å². The maximum absolute atomic E-state index is 12.9. The van der Waals surface area contributed by atoms with E-state index in [4.69, 9.17) is 16.3 Å². The lowest BCUT2D eigenvalue weighted by atomic mass is 10.2. The van der Waals surface area contributed by atoms with Gasteiger partial charge in [-0.05, 0) is 37.6 Å². The molecule has 0 bridgehead atoms. The first-order valence-electron chi connectivity index (χ1n) is 5.99. The minimum atomic E-state index is -0.348. The Bertz CT molecular complexity index is 346. The number of ether oxygens (including phenoxy) is 1. The molecule has 0 aliphatic heterocycles. The molecule has 17 heavy (non-hydrogen) atoms. The molecule has 96 valence electrons. The molecule has 4 heteroatoms. The molecule has 0 aromatic heterocycles. The van der Waals surface area contributed by atoms with Crippen molar-refractivity contribution in [2.24, 2.45) is 0 Å². The van der Waals surface area contributed by atoms with Gasteiger partial charge in [-0.3, -0.25) is 0 Å². The van der Waals surface area contributed by atoms with Gasteiger partial charge in [-0.1, -0.05) is 25.4 Å². The summed E-state index contributed by atoms with van der Waals surface area (Å²) in [5.41, 5.74) is 0. The first-order valence-corrected chi connectivity index (χ1v) is 6.37. The quantitative estimate of drug-likeness (QED) is 0.755. The highest BCUT2D eigenvalue weighted by molar-refractivity contribution is 6.32. The van der Waals surface area contributed by atoms with Gasteiger partial charge in [0, 0.05) is 6.54 Å². The second-order valence-corrected chi connectivity index (χ2v) is 4.33. The predicted octanol–water partition coefficient (Wildman–Crippen LogP) is 3.64. The molecule has 0 spiro atoms. The fraction of sp³-hybridized carbons (Fsp3) is 0.538. The summed E-state index contributed by atoms with van der Waals surface area (Å²) in [7, 11) is 0. The number of hydrogen-bond donors (Lipinski definition) is 1. The third-order valence-electron chi connectivity index (χ3n) is 2.44. The van der Waals surface area contributed by atoms with Crippen LogP contribution < -0.4 is 10.1 Å². The van der Waals surface area contributed by atoms with Crippen LogP contribution in [0.1, 0.15) is 26.7 Å². The minimum Gasteiger partial charge on any atom is -0.488 e. The van der Waals surface area contributed by atoms with Crippen molar-refractivity contribution in [3.63, 3.8) is 0 Å². The van der Waals surface area contributed by atoms with Crippen LogP contribution in [0.3, 0.4) is 0 Å². The molecule has 1 aromatic carbocycles. The first kappa shape index (κ1) is 14.3. The molecule has 1 atom stereocenters. The Kier molecular flexibility index (Phi) is 6.30. The smallest absolute Gasteiger partial charge is 0.138 e. The van der Waals surface area contributed by atoms with Crippen molar-refractivity contribution in [3.05, 3.63) is 29.0 Å². The zero-order valence-corrected chi connectivity index (χ0v) is 11.1. The standard InChI is InChI=1S/C13H19ClFNO/c1-3-7-16-9-11(4-2)17-13-6-5-10(15)8-12(13)14/h5-6,8,11,16H,3-4,7,9H2,1-2H3. The van der Waals surface area contributed by atoms with Gasteiger partial charge in [0.1, 0.15) is 17.7 Å². The molecular formula is C13H19ClFNO. The van der Waals surface area contributed by atoms with Gasteiger partial charge in [0.2, 0.25) is 0 Å². The van der Waals surface area contributed by atoms with Gasteiger partial charge in [-0.15, -0.1) is 0 Å². The lowest BCUT2D eigenvalue weighted by Gasteiger charge is -2.18. The van der Waals surface area contributed by atoms with Crippen LogP contribution in [-0.4, -0.2) is 19.2 Å². The lowest BCUT2D eigenvalue weighted by Crippen LogP contribution is -2.31. The summed E-state index contributed by atoms with van der Waals surface area (Å²) >= 11 is 5.91. The molecular weight excluding hydrogens is 241 g/mol. The molecule has 0 fully saturated rings. The van der Waals surface area contributed by atoms with Crippen LogP contribution in [0.2, 0.25) is 5.02 Å². The van der Waals surface area contributed by atoms with Crippen LogP contribution in [0.5, 0.6) is 5.75 Å². The number of nitrogens with one attached hydrogen (secondary N) is 1. The van der Waals surface area contributed by atoms with E-state index in [1.165, 1.54) is 12.1 Å². The number of rotatable bonds is 7. The molecule has 0 aliphatic carbocycles. The van der Waals surface area contributed by atoms with Gasteiger partial charge in [0.15, 0.2) is 0 Å². The Hall–Kier alpha value is -0.800. The van der Waals surface area contributed by atoms with E-state index in [1.54, 1.807) is 6.07 Å². The van der Waals surface area contributed by atoms with E-state index < -0.39 is 0 Å². The molecule has 1 N–H and O–H groups in total. The van der Waals surface area contributed by atoms with Crippen molar-refractivity contribution in [1.82, 2.24) is 5.32 Å². The average molecular weight is 260 g/mol. The Labute approximate surface area is 107 Å². The fourth-order valence-corrected chi connectivity index (χ4v) is 1.67. The predicted molar refractivity (Wildman–Crippen MR) is 69.3 cm³/mol. The Balaban J connectivity index is 2.54. The van der Waals surface area contributed by atoms with Gasteiger partial charge >= 0.3 is 0 Å². The summed E-state index contributed by atoms with van der Waals surface area (Å²) in [6.07, 6.45) is 2.03. The SMILES string of the molecule is CCCNCC(CC)Oc1ccc(F)cc1Cl. The number of benzene rings is 1. The molecule has 0 heterocycles. The monoisotopic (exact) mass is 259 g/mol. The van der Waals surface area contributed by atoms with Crippen molar-refractivity contribution < 1.29 is 9.13 Å². The summed E-state index contributed by atoms with van der Waals surface area (Å²) in [6.45, 7) is 5.91. The van der Waals surface area contributed by atoms with E-state index >= 15 is 0 Å². The van der Waals surface area contributed by atoms with Crippen molar-refractivity contribution in [2.45, 2.75) is 32.8 Å². The maximum Gasteiger partial charge on any atom is 0.138 e. The van der Waals surface area contributed by atoms with E-state index in [0.29, 0.717) is 10.8 Å². The molecule has 2 nitrogen and oxygen atoms in total. The lowest BCUT2D eigenvalue weighted by molar-refractivity contribution is 0.193. The number of halogens is 2. The molecule has 0 amide bonds. The highest BCUT2D eigenvalue weighted by atomic mass is 35.5. The maximum atomic E-state index is 12.9. The summed E-state index contributed by atoms with van der Waals surface area (Å²) < 4.78 is 18.6. The minimum absolute atomic E-state index is 0.0597. The van der Waals surface area contributed by atoms with Gasteiger partial charge in [0.05, 0.1) is 5.02 Å². The van der Waals surface area contributed by atoms with Gasteiger partial charge in [-0.25, -0.2) is 4.39 Å². The van der Waals surface area contributed by atoms with Crippen LogP contribution in [0.15, 0.2) is 18.2 Å². The van der Waals surface area contributed by atoms with Crippen LogP contribution in [0, 0.1) is 5.82 Å². The van der Waals surface area contributed by atoms with E-state index in [-0.39, 0.29) is 11.9 Å². The van der Waals surface area contributed by atoms with Crippen molar-refractivity contribution in [3.8, 4) is 5.75 Å². The van der Waals surface area contributed by atoms with E-state index in [0.717, 1.165) is 25.9 Å². The van der Waals surface area contributed by atoms with E-state index in [9.17, 15) is 4.39 Å². The van der Waals surface area contributed by atoms with Gasteiger partial charge in [-0.2, -0.15) is 0 Å². The largest absolute Gasteiger partial charge is 0.488 e. The zero-order chi connectivity index (χ0) is 12.7. The van der Waals surface area contributed by atoms with Gasteiger partial charge in [0.25, 0.3) is 0 Å². The van der Waals surface area contributed by atoms with Crippen LogP contribution in [0.25, 0.3) is 0 Å². The normalized spacial score (nSPS) is 12.5. The third kappa shape index (κ3) is 4.92. The summed E-state index contributed by atoms with van der Waals surface area (Å²) in [5.74, 6) is 0.192. The summed E-state index contributed by atoms with van der Waals surface area (Å²) in [4.78, 5) is 0. The van der Waals surface area contributed by atoms with Crippen LogP contribution in [-0.2, 0) is 0 Å². The van der Waals surface area contributed by atoms with E-state index in [2.05, 4.69) is 19.2 Å². The van der Waals surface area contributed by atoms with Crippen LogP contribution in [0.4, 0.5) is 4.39 Å². The molecule has 0 aliphatic rings. The second kappa shape index (κ2) is 7.51. The van der Waals surface area contributed by atoms with Crippen molar-refractivity contribution in [2.75, 3.05) is 13.1 Å². The molecule has 0 radical (unpaired) electrons. The highest BCUT2D eigenvalue weighted by Crippen LogP contribution is 2.26. The second-order valence-electron chi connectivity index (χ2n) is 3.93. The molecule has 0 saturated heterocycles.